The molecule has 176 valence electrons. The molecule has 2 N–H and O–H groups in total. The van der Waals surface area contributed by atoms with E-state index in [9.17, 15) is 14.4 Å². The number of carbonyl (C=O) groups is 3. The number of amides is 4. The van der Waals surface area contributed by atoms with Gasteiger partial charge in [-0.15, -0.1) is 11.3 Å². The van der Waals surface area contributed by atoms with Crippen LogP contribution in [-0.4, -0.2) is 46.9 Å². The third kappa shape index (κ3) is 3.69. The molecule has 0 unspecified atom stereocenters. The summed E-state index contributed by atoms with van der Waals surface area (Å²) < 4.78 is 0. The lowest BCUT2D eigenvalue weighted by Gasteiger charge is -2.29. The van der Waals surface area contributed by atoms with Gasteiger partial charge in [-0.3, -0.25) is 14.5 Å². The number of urea groups is 1. The van der Waals surface area contributed by atoms with Crippen molar-refractivity contribution >= 4 is 56.5 Å². The first-order valence-corrected chi connectivity index (χ1v) is 12.4. The van der Waals surface area contributed by atoms with E-state index in [1.54, 1.807) is 16.0 Å². The first kappa shape index (κ1) is 22.3. The Balaban J connectivity index is 1.48. The highest BCUT2D eigenvalue weighted by Crippen LogP contribution is 2.46. The Bertz CT molecular complexity index is 1320. The van der Waals surface area contributed by atoms with Gasteiger partial charge in [0.15, 0.2) is 0 Å². The van der Waals surface area contributed by atoms with E-state index in [0.717, 1.165) is 23.1 Å². The number of nitrogens with one attached hydrogen (secondary N) is 2. The summed E-state index contributed by atoms with van der Waals surface area (Å²) >= 11 is 1.27. The minimum Gasteiger partial charge on any atom is -0.347 e. The van der Waals surface area contributed by atoms with Gasteiger partial charge in [0.25, 0.3) is 5.91 Å². The zero-order valence-electron chi connectivity index (χ0n) is 19.5. The van der Waals surface area contributed by atoms with Gasteiger partial charge in [0.2, 0.25) is 5.91 Å². The van der Waals surface area contributed by atoms with Gasteiger partial charge in [0.05, 0.1) is 22.4 Å². The average molecular weight is 478 g/mol. The second kappa shape index (κ2) is 8.72. The lowest BCUT2D eigenvalue weighted by atomic mass is 10.1. The molecule has 9 heteroatoms. The van der Waals surface area contributed by atoms with Crippen molar-refractivity contribution in [3.05, 3.63) is 46.5 Å². The summed E-state index contributed by atoms with van der Waals surface area (Å²) in [7, 11) is 0. The number of likely N-dealkylation sites (tertiary alicyclic amines) is 1. The molecule has 1 aromatic carbocycles. The van der Waals surface area contributed by atoms with E-state index in [1.807, 2.05) is 32.0 Å². The third-order valence-corrected chi connectivity index (χ3v) is 7.64. The van der Waals surface area contributed by atoms with Crippen LogP contribution in [0.15, 0.2) is 30.5 Å². The Hall–Kier alpha value is -3.46. The molecule has 2 aliphatic rings. The van der Waals surface area contributed by atoms with Crippen molar-refractivity contribution in [2.45, 2.75) is 46.1 Å². The summed E-state index contributed by atoms with van der Waals surface area (Å²) in [5, 5.41) is 6.77. The van der Waals surface area contributed by atoms with E-state index < -0.39 is 0 Å². The van der Waals surface area contributed by atoms with Gasteiger partial charge in [-0.05, 0) is 43.0 Å². The standard InChI is InChI=1S/C25H27N5O3S/c1-4-15-6-7-17(14(3)12-15)30-18-8-10-26-24-20(18)21(28-25(30)33)22(34-24)23(32)27-16-9-11-29(13-16)19(31)5-2/h6-8,10,12,16H,4-5,9,11,13H2,1-3H3,(H,27,32)(H,28,33)/t16-/m1/s1. The van der Waals surface area contributed by atoms with Crippen LogP contribution in [0, 0.1) is 6.92 Å². The van der Waals surface area contributed by atoms with E-state index in [2.05, 4.69) is 28.6 Å². The number of pyridine rings is 1. The summed E-state index contributed by atoms with van der Waals surface area (Å²) in [6.45, 7) is 7.09. The largest absolute Gasteiger partial charge is 0.347 e. The minimum atomic E-state index is -0.305. The third-order valence-electron chi connectivity index (χ3n) is 6.54. The number of rotatable bonds is 5. The quantitative estimate of drug-likeness (QED) is 0.562. The van der Waals surface area contributed by atoms with Crippen LogP contribution in [0.1, 0.15) is 47.5 Å². The molecule has 0 aliphatic carbocycles. The lowest BCUT2D eigenvalue weighted by molar-refractivity contribution is -0.129. The summed E-state index contributed by atoms with van der Waals surface area (Å²) in [5.74, 6) is -0.158. The van der Waals surface area contributed by atoms with E-state index in [1.165, 1.54) is 16.9 Å². The zero-order valence-corrected chi connectivity index (χ0v) is 20.3. The molecule has 1 saturated heterocycles. The van der Waals surface area contributed by atoms with E-state index in [-0.39, 0.29) is 23.9 Å². The number of aromatic nitrogens is 1. The number of anilines is 3. The Morgan fingerprint density at radius 3 is 2.79 bits per heavy atom. The molecule has 0 bridgehead atoms. The highest BCUT2D eigenvalue weighted by molar-refractivity contribution is 7.21. The minimum absolute atomic E-state index is 0.0946. The number of benzene rings is 1. The maximum atomic E-state index is 13.3. The maximum Gasteiger partial charge on any atom is 0.331 e. The highest BCUT2D eigenvalue weighted by atomic mass is 32.1. The Kier molecular flexibility index (Phi) is 5.73. The molecule has 4 amide bonds. The topological polar surface area (TPSA) is 94.6 Å². The van der Waals surface area contributed by atoms with Crippen molar-refractivity contribution in [2.24, 2.45) is 0 Å². The van der Waals surface area contributed by atoms with Crippen molar-refractivity contribution in [1.82, 2.24) is 15.2 Å². The summed E-state index contributed by atoms with van der Waals surface area (Å²) in [6.07, 6.45) is 3.77. The monoisotopic (exact) mass is 477 g/mol. The van der Waals surface area contributed by atoms with Gasteiger partial charge in [-0.25, -0.2) is 9.78 Å². The van der Waals surface area contributed by atoms with Gasteiger partial charge < -0.3 is 15.5 Å². The van der Waals surface area contributed by atoms with Crippen LogP contribution in [0.25, 0.3) is 10.2 Å². The molecule has 8 nitrogen and oxygen atoms in total. The second-order valence-electron chi connectivity index (χ2n) is 8.71. The molecular formula is C25H27N5O3S. The maximum absolute atomic E-state index is 13.3. The van der Waals surface area contributed by atoms with Crippen LogP contribution in [-0.2, 0) is 11.2 Å². The van der Waals surface area contributed by atoms with Gasteiger partial charge in [0.1, 0.15) is 9.71 Å². The van der Waals surface area contributed by atoms with Crippen molar-refractivity contribution < 1.29 is 14.4 Å². The second-order valence-corrected chi connectivity index (χ2v) is 9.71. The van der Waals surface area contributed by atoms with E-state index >= 15 is 0 Å². The van der Waals surface area contributed by atoms with Crippen LogP contribution < -0.4 is 15.5 Å². The van der Waals surface area contributed by atoms with Crippen molar-refractivity contribution in [3.63, 3.8) is 0 Å². The number of nitrogens with zero attached hydrogens (tertiary/aromatic N) is 3. The number of carbonyl (C=O) groups excluding carboxylic acids is 3. The van der Waals surface area contributed by atoms with Crippen molar-refractivity contribution in [1.29, 1.82) is 0 Å². The molecule has 1 atom stereocenters. The Labute approximate surface area is 202 Å². The predicted octanol–water partition coefficient (Wildman–Crippen LogP) is 4.59. The molecule has 1 fully saturated rings. The normalized spacial score (nSPS) is 17.3. The average Bonchev–Trinajstić information content (AvgIpc) is 3.45. The number of aryl methyl sites for hydroxylation is 2. The van der Waals surface area contributed by atoms with Crippen molar-refractivity contribution in [2.75, 3.05) is 23.3 Å². The predicted molar refractivity (Wildman–Crippen MR) is 134 cm³/mol. The van der Waals surface area contributed by atoms with Gasteiger partial charge in [-0.1, -0.05) is 26.0 Å². The molecule has 3 aromatic rings. The summed E-state index contributed by atoms with van der Waals surface area (Å²) in [6, 6.07) is 7.50. The van der Waals surface area contributed by atoms with Crippen LogP contribution >= 0.6 is 11.3 Å². The fourth-order valence-electron chi connectivity index (χ4n) is 4.75. The first-order chi connectivity index (χ1) is 16.4. The number of hydrogen-bond donors (Lipinski definition) is 2. The Morgan fingerprint density at radius 1 is 1.24 bits per heavy atom. The Morgan fingerprint density at radius 2 is 2.06 bits per heavy atom. The molecule has 0 radical (unpaired) electrons. The van der Waals surface area contributed by atoms with E-state index in [4.69, 9.17) is 0 Å². The van der Waals surface area contributed by atoms with Gasteiger partial charge in [-0.2, -0.15) is 0 Å². The number of hydrogen-bond acceptors (Lipinski definition) is 5. The zero-order chi connectivity index (χ0) is 24.0. The SMILES string of the molecule is CCC(=O)N1CC[C@@H](NC(=O)c2sc3nccc4c3c2NC(=O)N4c2ccc(CC)cc2C)C1. The molecule has 0 saturated carbocycles. The molecule has 5 rings (SSSR count). The molecule has 4 heterocycles. The highest BCUT2D eigenvalue weighted by Gasteiger charge is 2.34. The first-order valence-electron chi connectivity index (χ1n) is 11.6. The summed E-state index contributed by atoms with van der Waals surface area (Å²) in [5.41, 5.74) is 4.23. The molecular weight excluding hydrogens is 450 g/mol. The lowest BCUT2D eigenvalue weighted by Crippen LogP contribution is -2.39. The van der Waals surface area contributed by atoms with Crippen LogP contribution in [0.4, 0.5) is 21.9 Å². The van der Waals surface area contributed by atoms with E-state index in [0.29, 0.717) is 47.0 Å². The van der Waals surface area contributed by atoms with Crippen molar-refractivity contribution in [3.8, 4) is 0 Å². The van der Waals surface area contributed by atoms with Crippen LogP contribution in [0.2, 0.25) is 0 Å². The van der Waals surface area contributed by atoms with Crippen LogP contribution in [0.5, 0.6) is 0 Å². The fourth-order valence-corrected chi connectivity index (χ4v) is 5.77. The summed E-state index contributed by atoms with van der Waals surface area (Å²) in [4.78, 5) is 47.5. The molecule has 2 aliphatic heterocycles. The molecule has 2 aromatic heterocycles. The fraction of sp³-hybridized carbons (Fsp3) is 0.360. The number of thiophene rings is 1. The van der Waals surface area contributed by atoms with Gasteiger partial charge in [0, 0.05) is 31.7 Å². The molecule has 34 heavy (non-hydrogen) atoms. The molecule has 0 spiro atoms. The van der Waals surface area contributed by atoms with Crippen LogP contribution in [0.3, 0.4) is 0 Å². The van der Waals surface area contributed by atoms with Gasteiger partial charge >= 0.3 is 6.03 Å². The smallest absolute Gasteiger partial charge is 0.331 e.